The predicted octanol–water partition coefficient (Wildman–Crippen LogP) is 6.21. The Hall–Kier alpha value is -2.21. The third-order valence-corrected chi connectivity index (χ3v) is 6.62. The Morgan fingerprint density at radius 3 is 2.48 bits per heavy atom. The molecule has 1 heterocycles. The fourth-order valence-corrected chi connectivity index (χ4v) is 4.71. The molecule has 6 nitrogen and oxygen atoms in total. The number of nitrogens with one attached hydrogen (secondary N) is 2. The van der Waals surface area contributed by atoms with Gasteiger partial charge in [0, 0.05) is 29.8 Å². The number of rotatable bonds is 7. The average Bonchev–Trinajstić information content (AvgIpc) is 3.10. The second kappa shape index (κ2) is 10.4. The summed E-state index contributed by atoms with van der Waals surface area (Å²) in [6, 6.07) is 6.19. The van der Waals surface area contributed by atoms with Crippen LogP contribution in [0.5, 0.6) is 5.75 Å². The first-order valence-corrected chi connectivity index (χ1v) is 12.4. The van der Waals surface area contributed by atoms with Gasteiger partial charge in [-0.2, -0.15) is 0 Å². The molecular weight excluding hydrogens is 436 g/mol. The molecule has 0 radical (unpaired) electrons. The topological polar surface area (TPSA) is 68.2 Å². The maximum Gasteiger partial charge on any atom is 0.273 e. The van der Waals surface area contributed by atoms with Crippen LogP contribution in [-0.2, 0) is 5.41 Å². The van der Waals surface area contributed by atoms with Gasteiger partial charge in [0.15, 0.2) is 5.69 Å². The molecule has 0 saturated heterocycles. The summed E-state index contributed by atoms with van der Waals surface area (Å²) >= 11 is 6.83. The van der Waals surface area contributed by atoms with E-state index in [1.54, 1.807) is 7.11 Å². The fraction of sp³-hybridized carbons (Fsp3) is 0.615. The first kappa shape index (κ1) is 25.4. The molecule has 7 heteroatoms. The third-order valence-electron chi connectivity index (χ3n) is 6.27. The van der Waals surface area contributed by atoms with Gasteiger partial charge in [-0.3, -0.25) is 9.36 Å². The lowest BCUT2D eigenvalue weighted by Gasteiger charge is -2.26. The molecule has 1 fully saturated rings. The van der Waals surface area contributed by atoms with Crippen molar-refractivity contribution in [3.05, 3.63) is 34.9 Å². The van der Waals surface area contributed by atoms with Gasteiger partial charge in [-0.05, 0) is 50.7 Å². The molecule has 1 amide bonds. The Labute approximate surface area is 203 Å². The van der Waals surface area contributed by atoms with Crippen molar-refractivity contribution in [3.63, 3.8) is 0 Å². The van der Waals surface area contributed by atoms with Gasteiger partial charge in [-0.25, -0.2) is 4.98 Å². The maximum atomic E-state index is 13.1. The van der Waals surface area contributed by atoms with E-state index in [0.717, 1.165) is 30.1 Å². The van der Waals surface area contributed by atoms with Crippen molar-refractivity contribution in [2.24, 2.45) is 11.8 Å². The molecule has 1 saturated carbocycles. The zero-order valence-electron chi connectivity index (χ0n) is 21.1. The van der Waals surface area contributed by atoms with Gasteiger partial charge in [0.25, 0.3) is 5.91 Å². The maximum absolute atomic E-state index is 13.1. The number of ether oxygens (including phenoxy) is 1. The highest BCUT2D eigenvalue weighted by Gasteiger charge is 2.30. The predicted molar refractivity (Wildman–Crippen MR) is 136 cm³/mol. The number of benzene rings is 1. The van der Waals surface area contributed by atoms with Crippen LogP contribution in [-0.4, -0.2) is 35.2 Å². The van der Waals surface area contributed by atoms with Crippen LogP contribution in [0.2, 0.25) is 5.15 Å². The normalized spacial score (nSPS) is 18.9. The van der Waals surface area contributed by atoms with Crippen molar-refractivity contribution in [1.82, 2.24) is 14.9 Å². The smallest absolute Gasteiger partial charge is 0.273 e. The highest BCUT2D eigenvalue weighted by Crippen LogP contribution is 2.36. The van der Waals surface area contributed by atoms with Gasteiger partial charge in [-0.1, -0.05) is 52.1 Å². The molecule has 0 aliphatic heterocycles. The highest BCUT2D eigenvalue weighted by atomic mass is 35.5. The second-order valence-corrected chi connectivity index (χ2v) is 11.0. The van der Waals surface area contributed by atoms with E-state index in [-0.39, 0.29) is 17.0 Å². The Morgan fingerprint density at radius 2 is 1.91 bits per heavy atom. The van der Waals surface area contributed by atoms with Gasteiger partial charge in [0.1, 0.15) is 16.7 Å². The molecule has 1 aromatic heterocycles. The minimum atomic E-state index is -0.332. The van der Waals surface area contributed by atoms with Crippen LogP contribution in [0.15, 0.2) is 18.2 Å². The van der Waals surface area contributed by atoms with Crippen molar-refractivity contribution in [1.29, 1.82) is 0 Å². The van der Waals surface area contributed by atoms with E-state index in [4.69, 9.17) is 21.3 Å². The molecule has 0 atom stereocenters. The lowest BCUT2D eigenvalue weighted by molar-refractivity contribution is 0.0937. The standard InChI is InChI=1S/C26H39ClN4O2/c1-16(2)29-19-12-13-20(21(14-19)33-7)31-23(27)22(30-25(31)26(4,5)6)24(32)28-15-18-10-8-17(3)9-11-18/h12-14,16-18,29H,8-11,15H2,1-7H3,(H,28,32). The van der Waals surface area contributed by atoms with Crippen LogP contribution in [0.3, 0.4) is 0 Å². The largest absolute Gasteiger partial charge is 0.494 e. The first-order chi connectivity index (χ1) is 15.5. The Morgan fingerprint density at radius 1 is 1.24 bits per heavy atom. The van der Waals surface area contributed by atoms with Gasteiger partial charge in [0.2, 0.25) is 0 Å². The number of hydrogen-bond acceptors (Lipinski definition) is 4. The van der Waals surface area contributed by atoms with Crippen molar-refractivity contribution < 1.29 is 9.53 Å². The average molecular weight is 475 g/mol. The van der Waals surface area contributed by atoms with E-state index in [1.807, 2.05) is 22.8 Å². The molecule has 1 aliphatic rings. The number of carbonyl (C=O) groups excluding carboxylic acids is 1. The molecular formula is C26H39ClN4O2. The number of halogens is 1. The SMILES string of the molecule is COc1cc(NC(C)C)ccc1-n1c(C(C)(C)C)nc(C(=O)NCC2CCC(C)CC2)c1Cl. The van der Waals surface area contributed by atoms with E-state index >= 15 is 0 Å². The number of imidazole rings is 1. The number of nitrogens with zero attached hydrogens (tertiary/aromatic N) is 2. The summed E-state index contributed by atoms with van der Waals surface area (Å²) in [4.78, 5) is 17.8. The monoisotopic (exact) mass is 474 g/mol. The van der Waals surface area contributed by atoms with E-state index in [9.17, 15) is 4.79 Å². The van der Waals surface area contributed by atoms with Gasteiger partial charge < -0.3 is 15.4 Å². The molecule has 1 aromatic carbocycles. The van der Waals surface area contributed by atoms with Crippen LogP contribution in [0, 0.1) is 11.8 Å². The Bertz CT molecular complexity index is 969. The van der Waals surface area contributed by atoms with Crippen LogP contribution in [0.4, 0.5) is 5.69 Å². The minimum absolute atomic E-state index is 0.222. The number of amides is 1. The summed E-state index contributed by atoms with van der Waals surface area (Å²) in [5, 5.41) is 6.78. The molecule has 2 N–H and O–H groups in total. The molecule has 182 valence electrons. The number of aromatic nitrogens is 2. The minimum Gasteiger partial charge on any atom is -0.494 e. The van der Waals surface area contributed by atoms with Gasteiger partial charge >= 0.3 is 0 Å². The van der Waals surface area contributed by atoms with E-state index in [2.05, 4.69) is 52.2 Å². The zero-order valence-corrected chi connectivity index (χ0v) is 21.8. The lowest BCUT2D eigenvalue weighted by atomic mass is 9.83. The van der Waals surface area contributed by atoms with E-state index in [1.165, 1.54) is 12.8 Å². The van der Waals surface area contributed by atoms with Crippen LogP contribution >= 0.6 is 11.6 Å². The summed E-state index contributed by atoms with van der Waals surface area (Å²) < 4.78 is 7.55. The van der Waals surface area contributed by atoms with Crippen LogP contribution in [0.1, 0.15) is 83.5 Å². The van der Waals surface area contributed by atoms with Crippen molar-refractivity contribution in [2.45, 2.75) is 78.7 Å². The summed E-state index contributed by atoms with van der Waals surface area (Å²) in [5.41, 5.74) is 1.65. The lowest BCUT2D eigenvalue weighted by Crippen LogP contribution is -2.31. The summed E-state index contributed by atoms with van der Waals surface area (Å²) in [6.45, 7) is 13.3. The molecule has 0 unspecified atom stereocenters. The molecule has 0 spiro atoms. The summed E-state index contributed by atoms with van der Waals surface area (Å²) in [6.07, 6.45) is 4.77. The van der Waals surface area contributed by atoms with Crippen molar-refractivity contribution >= 4 is 23.2 Å². The summed E-state index contributed by atoms with van der Waals surface area (Å²) in [7, 11) is 1.64. The van der Waals surface area contributed by atoms with Crippen molar-refractivity contribution in [2.75, 3.05) is 19.0 Å². The van der Waals surface area contributed by atoms with Gasteiger partial charge in [0.05, 0.1) is 12.8 Å². The number of methoxy groups -OCH3 is 1. The quantitative estimate of drug-likeness (QED) is 0.500. The first-order valence-electron chi connectivity index (χ1n) is 12.0. The Balaban J connectivity index is 1.93. The van der Waals surface area contributed by atoms with Crippen LogP contribution < -0.4 is 15.4 Å². The number of carbonyl (C=O) groups is 1. The number of hydrogen-bond donors (Lipinski definition) is 2. The van der Waals surface area contributed by atoms with E-state index < -0.39 is 0 Å². The molecule has 33 heavy (non-hydrogen) atoms. The molecule has 3 rings (SSSR count). The second-order valence-electron chi connectivity index (χ2n) is 10.7. The van der Waals surface area contributed by atoms with Crippen LogP contribution in [0.25, 0.3) is 5.69 Å². The summed E-state index contributed by atoms with van der Waals surface area (Å²) in [5.74, 6) is 2.46. The Kier molecular flexibility index (Phi) is 7.99. The van der Waals surface area contributed by atoms with Crippen molar-refractivity contribution in [3.8, 4) is 11.4 Å². The highest BCUT2D eigenvalue weighted by molar-refractivity contribution is 6.33. The zero-order chi connectivity index (χ0) is 24.3. The molecule has 2 aromatic rings. The molecule has 0 bridgehead atoms. The van der Waals surface area contributed by atoms with E-state index in [0.29, 0.717) is 35.2 Å². The number of anilines is 1. The fourth-order valence-electron chi connectivity index (χ4n) is 4.41. The third kappa shape index (κ3) is 6.03. The van der Waals surface area contributed by atoms with Gasteiger partial charge in [-0.15, -0.1) is 0 Å². The molecule has 1 aliphatic carbocycles.